The summed E-state index contributed by atoms with van der Waals surface area (Å²) in [7, 11) is 0. The Bertz CT molecular complexity index is 842. The van der Waals surface area contributed by atoms with E-state index in [9.17, 15) is 14.4 Å². The third-order valence-electron chi connectivity index (χ3n) is 4.44. The van der Waals surface area contributed by atoms with Gasteiger partial charge in [-0.1, -0.05) is 12.1 Å². The number of hydrogen-bond acceptors (Lipinski definition) is 5. The summed E-state index contributed by atoms with van der Waals surface area (Å²) in [4.78, 5) is 42.6. The van der Waals surface area contributed by atoms with Crippen LogP contribution in [-0.4, -0.2) is 59.0 Å². The van der Waals surface area contributed by atoms with E-state index < -0.39 is 5.91 Å². The van der Waals surface area contributed by atoms with Crippen molar-refractivity contribution in [2.45, 2.75) is 19.4 Å². The van der Waals surface area contributed by atoms with Crippen LogP contribution in [0.1, 0.15) is 12.8 Å². The molecule has 8 heteroatoms. The van der Waals surface area contributed by atoms with Gasteiger partial charge in [-0.25, -0.2) is 4.98 Å². The second kappa shape index (κ2) is 8.57. The number of para-hydroxylation sites is 1. The molecule has 1 aliphatic heterocycles. The van der Waals surface area contributed by atoms with E-state index in [1.165, 1.54) is 23.7 Å². The maximum atomic E-state index is 12.3. The van der Waals surface area contributed by atoms with Crippen molar-refractivity contribution in [3.63, 3.8) is 0 Å². The van der Waals surface area contributed by atoms with Crippen molar-refractivity contribution in [2.75, 3.05) is 32.7 Å². The van der Waals surface area contributed by atoms with Crippen molar-refractivity contribution in [2.24, 2.45) is 0 Å². The van der Waals surface area contributed by atoms with Gasteiger partial charge in [0.1, 0.15) is 6.54 Å². The van der Waals surface area contributed by atoms with Crippen LogP contribution in [0.25, 0.3) is 10.9 Å². The van der Waals surface area contributed by atoms with Crippen LogP contribution >= 0.6 is 0 Å². The Morgan fingerprint density at radius 3 is 2.65 bits per heavy atom. The van der Waals surface area contributed by atoms with Crippen LogP contribution in [-0.2, 0) is 16.1 Å². The number of nitrogens with one attached hydrogen (secondary N) is 2. The lowest BCUT2D eigenvalue weighted by Gasteiger charge is -2.14. The summed E-state index contributed by atoms with van der Waals surface area (Å²) in [5.74, 6) is -0.639. The highest BCUT2D eigenvalue weighted by Crippen LogP contribution is 2.05. The third kappa shape index (κ3) is 4.66. The molecular formula is C18H23N5O3. The van der Waals surface area contributed by atoms with Crippen molar-refractivity contribution < 1.29 is 9.59 Å². The zero-order chi connectivity index (χ0) is 18.4. The number of carbonyl (C=O) groups excluding carboxylic acids is 2. The zero-order valence-corrected chi connectivity index (χ0v) is 14.6. The second-order valence-electron chi connectivity index (χ2n) is 6.37. The fourth-order valence-corrected chi connectivity index (χ4v) is 3.03. The number of rotatable bonds is 7. The normalized spacial score (nSPS) is 14.5. The monoisotopic (exact) mass is 357 g/mol. The molecule has 0 saturated carbocycles. The predicted molar refractivity (Wildman–Crippen MR) is 97.7 cm³/mol. The van der Waals surface area contributed by atoms with Crippen LogP contribution in [0.4, 0.5) is 0 Å². The topological polar surface area (TPSA) is 96.3 Å². The molecule has 2 heterocycles. The molecule has 138 valence electrons. The molecule has 0 atom stereocenters. The summed E-state index contributed by atoms with van der Waals surface area (Å²) in [6, 6.07) is 6.97. The minimum atomic E-state index is -0.404. The highest BCUT2D eigenvalue weighted by atomic mass is 16.2. The van der Waals surface area contributed by atoms with Gasteiger partial charge in [0, 0.05) is 13.1 Å². The smallest absolute Gasteiger partial charge is 0.261 e. The van der Waals surface area contributed by atoms with Crippen molar-refractivity contribution in [3.05, 3.63) is 40.9 Å². The number of benzene rings is 1. The number of carbonyl (C=O) groups is 2. The number of hydrogen-bond donors (Lipinski definition) is 2. The van der Waals surface area contributed by atoms with Gasteiger partial charge < -0.3 is 15.5 Å². The van der Waals surface area contributed by atoms with E-state index in [1.54, 1.807) is 24.3 Å². The fourth-order valence-electron chi connectivity index (χ4n) is 3.03. The molecule has 26 heavy (non-hydrogen) atoms. The Kier molecular flexibility index (Phi) is 5.96. The Balaban J connectivity index is 1.44. The number of fused-ring (bicyclic) bond motifs is 1. The minimum absolute atomic E-state index is 0.103. The fraction of sp³-hybridized carbons (Fsp3) is 0.444. The SMILES string of the molecule is O=C(CNC(=O)Cn1cnc2ccccc2c1=O)NCCN1CCCC1. The van der Waals surface area contributed by atoms with Crippen LogP contribution in [0.15, 0.2) is 35.4 Å². The first-order valence-electron chi connectivity index (χ1n) is 8.83. The predicted octanol–water partition coefficient (Wildman–Crippen LogP) is -0.275. The minimum Gasteiger partial charge on any atom is -0.353 e. The molecule has 8 nitrogen and oxygen atoms in total. The quantitative estimate of drug-likeness (QED) is 0.711. The number of nitrogens with zero attached hydrogens (tertiary/aromatic N) is 3. The lowest BCUT2D eigenvalue weighted by atomic mass is 10.2. The molecule has 2 amide bonds. The Labute approximate surface area is 151 Å². The maximum Gasteiger partial charge on any atom is 0.261 e. The van der Waals surface area contributed by atoms with E-state index >= 15 is 0 Å². The number of amides is 2. The summed E-state index contributed by atoms with van der Waals surface area (Å²) in [5, 5.41) is 5.78. The van der Waals surface area contributed by atoms with Crippen molar-refractivity contribution in [3.8, 4) is 0 Å². The first-order chi connectivity index (χ1) is 12.6. The van der Waals surface area contributed by atoms with Gasteiger partial charge >= 0.3 is 0 Å². The first kappa shape index (κ1) is 18.1. The second-order valence-corrected chi connectivity index (χ2v) is 6.37. The Hall–Kier alpha value is -2.74. The summed E-state index contributed by atoms with van der Waals surface area (Å²) < 4.78 is 1.24. The summed E-state index contributed by atoms with van der Waals surface area (Å²) >= 11 is 0. The van der Waals surface area contributed by atoms with Crippen LogP contribution in [0.3, 0.4) is 0 Å². The average molecular weight is 357 g/mol. The molecular weight excluding hydrogens is 334 g/mol. The van der Waals surface area contributed by atoms with Crippen molar-refractivity contribution in [1.29, 1.82) is 0 Å². The van der Waals surface area contributed by atoms with Crippen LogP contribution < -0.4 is 16.2 Å². The van der Waals surface area contributed by atoms with Gasteiger partial charge in [0.25, 0.3) is 5.56 Å². The van der Waals surface area contributed by atoms with Gasteiger partial charge in [-0.3, -0.25) is 19.0 Å². The molecule has 0 unspecified atom stereocenters. The Morgan fingerprint density at radius 2 is 1.85 bits per heavy atom. The van der Waals surface area contributed by atoms with E-state index in [4.69, 9.17) is 0 Å². The van der Waals surface area contributed by atoms with E-state index in [-0.39, 0.29) is 24.6 Å². The molecule has 2 aromatic rings. The third-order valence-corrected chi connectivity index (χ3v) is 4.44. The van der Waals surface area contributed by atoms with E-state index in [0.717, 1.165) is 19.6 Å². The van der Waals surface area contributed by atoms with Gasteiger partial charge in [-0.2, -0.15) is 0 Å². The van der Waals surface area contributed by atoms with Gasteiger partial charge in [0.05, 0.1) is 23.8 Å². The van der Waals surface area contributed by atoms with Gasteiger partial charge in [-0.15, -0.1) is 0 Å². The zero-order valence-electron chi connectivity index (χ0n) is 14.6. The van der Waals surface area contributed by atoms with Gasteiger partial charge in [0.15, 0.2) is 0 Å². The summed E-state index contributed by atoms with van der Waals surface area (Å²) in [5.41, 5.74) is 0.312. The molecule has 1 saturated heterocycles. The summed E-state index contributed by atoms with van der Waals surface area (Å²) in [6.07, 6.45) is 3.78. The first-order valence-corrected chi connectivity index (χ1v) is 8.83. The molecule has 2 N–H and O–H groups in total. The maximum absolute atomic E-state index is 12.3. The molecule has 0 bridgehead atoms. The van der Waals surface area contributed by atoms with Crippen LogP contribution in [0.2, 0.25) is 0 Å². The number of likely N-dealkylation sites (tertiary alicyclic amines) is 1. The highest BCUT2D eigenvalue weighted by Gasteiger charge is 2.12. The number of aromatic nitrogens is 2. The van der Waals surface area contributed by atoms with Crippen LogP contribution in [0, 0.1) is 0 Å². The molecule has 3 rings (SSSR count). The average Bonchev–Trinajstić information content (AvgIpc) is 3.16. The van der Waals surface area contributed by atoms with Crippen molar-refractivity contribution in [1.82, 2.24) is 25.1 Å². The van der Waals surface area contributed by atoms with Crippen molar-refractivity contribution >= 4 is 22.7 Å². The lowest BCUT2D eigenvalue weighted by Crippen LogP contribution is -2.41. The Morgan fingerprint density at radius 1 is 1.08 bits per heavy atom. The molecule has 0 spiro atoms. The van der Waals surface area contributed by atoms with Crippen LogP contribution in [0.5, 0.6) is 0 Å². The molecule has 1 fully saturated rings. The largest absolute Gasteiger partial charge is 0.353 e. The lowest BCUT2D eigenvalue weighted by molar-refractivity contribution is -0.126. The molecule has 1 aliphatic rings. The molecule has 1 aromatic carbocycles. The van der Waals surface area contributed by atoms with E-state index in [0.29, 0.717) is 17.4 Å². The van der Waals surface area contributed by atoms with E-state index in [2.05, 4.69) is 20.5 Å². The molecule has 0 aliphatic carbocycles. The van der Waals surface area contributed by atoms with E-state index in [1.807, 2.05) is 0 Å². The van der Waals surface area contributed by atoms with Gasteiger partial charge in [0.2, 0.25) is 11.8 Å². The molecule has 0 radical (unpaired) electrons. The van der Waals surface area contributed by atoms with Gasteiger partial charge in [-0.05, 0) is 38.1 Å². The molecule has 1 aromatic heterocycles. The summed E-state index contributed by atoms with van der Waals surface area (Å²) in [6.45, 7) is 3.30. The standard InChI is InChI=1S/C18H23N5O3/c24-16(19-7-10-22-8-3-4-9-22)11-20-17(25)12-23-13-21-15-6-2-1-5-14(15)18(23)26/h1-2,5-6,13H,3-4,7-12H2,(H,19,24)(H,20,25). The highest BCUT2D eigenvalue weighted by molar-refractivity contribution is 5.84.